The number of halogens is 1. The molecule has 1 saturated heterocycles. The lowest BCUT2D eigenvalue weighted by atomic mass is 9.86. The first kappa shape index (κ1) is 29.0. The molecule has 0 bridgehead atoms. The SMILES string of the molecule is CCc1cccc(CC)c1N1C(=O)C(c2nc(-c3ccc(Cl)cc3)cs2)CC(CN2CCNCC2)=C1CC(C)C. The number of anilines is 1. The van der Waals surface area contributed by atoms with Crippen molar-refractivity contribution in [3.63, 3.8) is 0 Å². The summed E-state index contributed by atoms with van der Waals surface area (Å²) in [7, 11) is 0. The van der Waals surface area contributed by atoms with E-state index in [-0.39, 0.29) is 11.8 Å². The smallest absolute Gasteiger partial charge is 0.241 e. The van der Waals surface area contributed by atoms with Crippen LogP contribution >= 0.6 is 22.9 Å². The van der Waals surface area contributed by atoms with E-state index in [1.165, 1.54) is 22.4 Å². The van der Waals surface area contributed by atoms with Crippen LogP contribution in [0, 0.1) is 5.92 Å². The van der Waals surface area contributed by atoms with Crippen LogP contribution in [0.5, 0.6) is 0 Å². The average Bonchev–Trinajstić information content (AvgIpc) is 3.45. The van der Waals surface area contributed by atoms with Crippen molar-refractivity contribution in [1.82, 2.24) is 15.2 Å². The van der Waals surface area contributed by atoms with Crippen LogP contribution < -0.4 is 10.2 Å². The molecule has 1 atom stereocenters. The molecule has 0 aliphatic carbocycles. The minimum absolute atomic E-state index is 0.160. The maximum Gasteiger partial charge on any atom is 0.241 e. The second-order valence-corrected chi connectivity index (χ2v) is 12.6. The topological polar surface area (TPSA) is 48.5 Å². The summed E-state index contributed by atoms with van der Waals surface area (Å²) in [5.41, 5.74) is 8.09. The molecule has 0 spiro atoms. The maximum absolute atomic E-state index is 14.7. The number of hydrogen-bond donors (Lipinski definition) is 1. The zero-order valence-electron chi connectivity index (χ0n) is 24.2. The number of piperazine rings is 1. The van der Waals surface area contributed by atoms with E-state index in [1.54, 1.807) is 11.3 Å². The van der Waals surface area contributed by atoms with Gasteiger partial charge in [-0.05, 0) is 60.4 Å². The van der Waals surface area contributed by atoms with Crippen LogP contribution in [-0.4, -0.2) is 48.5 Å². The van der Waals surface area contributed by atoms with Gasteiger partial charge >= 0.3 is 0 Å². The Kier molecular flexibility index (Phi) is 9.41. The number of benzene rings is 2. The molecule has 5 nitrogen and oxygen atoms in total. The highest BCUT2D eigenvalue weighted by atomic mass is 35.5. The highest BCUT2D eigenvalue weighted by Gasteiger charge is 2.40. The van der Waals surface area contributed by atoms with Crippen LogP contribution in [0.2, 0.25) is 5.02 Å². The predicted molar refractivity (Wildman–Crippen MR) is 168 cm³/mol. The lowest BCUT2D eigenvalue weighted by molar-refractivity contribution is -0.120. The molecule has 212 valence electrons. The van der Waals surface area contributed by atoms with E-state index in [0.29, 0.717) is 10.9 Å². The zero-order chi connectivity index (χ0) is 28.2. The lowest BCUT2D eigenvalue weighted by Crippen LogP contribution is -2.47. The minimum Gasteiger partial charge on any atom is -0.314 e. The van der Waals surface area contributed by atoms with Crippen molar-refractivity contribution >= 4 is 34.5 Å². The summed E-state index contributed by atoms with van der Waals surface area (Å²) in [4.78, 5) is 24.4. The molecule has 3 heterocycles. The standard InChI is InChI=1S/C33H41ClN4OS/c1-5-23-8-7-9-24(6-2)31(23)38-30(18-22(3)4)26(20-37-16-14-35-15-17-37)19-28(33(38)39)32-36-29(21-40-32)25-10-12-27(34)13-11-25/h7-13,21-22,28,35H,5-6,14-20H2,1-4H3. The number of thiazole rings is 1. The van der Waals surface area contributed by atoms with Gasteiger partial charge in [0.25, 0.3) is 0 Å². The third-order valence-corrected chi connectivity index (χ3v) is 9.23. The van der Waals surface area contributed by atoms with Crippen molar-refractivity contribution in [2.45, 2.75) is 59.3 Å². The summed E-state index contributed by atoms with van der Waals surface area (Å²) in [6, 6.07) is 14.3. The van der Waals surface area contributed by atoms with Gasteiger partial charge < -0.3 is 5.32 Å². The van der Waals surface area contributed by atoms with Gasteiger partial charge in [0.05, 0.1) is 17.3 Å². The molecule has 3 aromatic rings. The molecule has 1 aromatic heterocycles. The summed E-state index contributed by atoms with van der Waals surface area (Å²) >= 11 is 7.73. The first-order valence-corrected chi connectivity index (χ1v) is 15.9. The number of carbonyl (C=O) groups is 1. The van der Waals surface area contributed by atoms with E-state index in [0.717, 1.165) is 80.4 Å². The van der Waals surface area contributed by atoms with Gasteiger partial charge in [-0.3, -0.25) is 14.6 Å². The molecule has 2 aliphatic rings. The Labute approximate surface area is 248 Å². The van der Waals surface area contributed by atoms with Crippen LogP contribution in [0.3, 0.4) is 0 Å². The molecule has 1 N–H and O–H groups in total. The third-order valence-electron chi connectivity index (χ3n) is 8.02. The molecular weight excluding hydrogens is 536 g/mol. The number of aromatic nitrogens is 1. The monoisotopic (exact) mass is 576 g/mol. The fourth-order valence-electron chi connectivity index (χ4n) is 5.96. The molecule has 2 aromatic carbocycles. The second kappa shape index (κ2) is 13.0. The fraction of sp³-hybridized carbons (Fsp3) is 0.455. The molecule has 1 unspecified atom stereocenters. The predicted octanol–water partition coefficient (Wildman–Crippen LogP) is 7.31. The fourth-order valence-corrected chi connectivity index (χ4v) is 7.00. The first-order chi connectivity index (χ1) is 19.4. The Morgan fingerprint density at radius 3 is 2.35 bits per heavy atom. The number of amides is 1. The number of hydrogen-bond acceptors (Lipinski definition) is 5. The number of allylic oxidation sites excluding steroid dienone is 1. The van der Waals surface area contributed by atoms with E-state index < -0.39 is 0 Å². The number of para-hydroxylation sites is 1. The van der Waals surface area contributed by atoms with Gasteiger partial charge in [-0.2, -0.15) is 0 Å². The highest BCUT2D eigenvalue weighted by molar-refractivity contribution is 7.10. The van der Waals surface area contributed by atoms with E-state index >= 15 is 0 Å². The van der Waals surface area contributed by atoms with Crippen LogP contribution in [-0.2, 0) is 17.6 Å². The van der Waals surface area contributed by atoms with Gasteiger partial charge in [0.1, 0.15) is 5.01 Å². The Morgan fingerprint density at radius 2 is 1.73 bits per heavy atom. The third kappa shape index (κ3) is 6.20. The summed E-state index contributed by atoms with van der Waals surface area (Å²) in [6.45, 7) is 13.9. The molecule has 0 saturated carbocycles. The van der Waals surface area contributed by atoms with Crippen LogP contribution in [0.25, 0.3) is 11.3 Å². The molecule has 1 fully saturated rings. The molecule has 0 radical (unpaired) electrons. The van der Waals surface area contributed by atoms with Crippen LogP contribution in [0.4, 0.5) is 5.69 Å². The largest absolute Gasteiger partial charge is 0.314 e. The number of nitrogens with zero attached hydrogens (tertiary/aromatic N) is 3. The van der Waals surface area contributed by atoms with Crippen LogP contribution in [0.1, 0.15) is 62.6 Å². The van der Waals surface area contributed by atoms with Crippen LogP contribution in [0.15, 0.2) is 59.1 Å². The van der Waals surface area contributed by atoms with Crippen molar-refractivity contribution in [3.8, 4) is 11.3 Å². The highest BCUT2D eigenvalue weighted by Crippen LogP contribution is 2.43. The van der Waals surface area contributed by atoms with E-state index in [2.05, 4.69) is 66.4 Å². The van der Waals surface area contributed by atoms with Gasteiger partial charge in [0, 0.05) is 54.4 Å². The average molecular weight is 577 g/mol. The summed E-state index contributed by atoms with van der Waals surface area (Å²) in [5.74, 6) is 0.303. The van der Waals surface area contributed by atoms with Gasteiger partial charge in [0.2, 0.25) is 5.91 Å². The zero-order valence-corrected chi connectivity index (χ0v) is 25.7. The Morgan fingerprint density at radius 1 is 1.05 bits per heavy atom. The molecule has 5 rings (SSSR count). The molecule has 2 aliphatic heterocycles. The van der Waals surface area contributed by atoms with Gasteiger partial charge in [-0.25, -0.2) is 4.98 Å². The van der Waals surface area contributed by atoms with E-state index in [9.17, 15) is 4.79 Å². The minimum atomic E-state index is -0.297. The summed E-state index contributed by atoms with van der Waals surface area (Å²) in [6.07, 6.45) is 3.38. The summed E-state index contributed by atoms with van der Waals surface area (Å²) < 4.78 is 0. The van der Waals surface area contributed by atoms with E-state index in [1.807, 2.05) is 24.3 Å². The van der Waals surface area contributed by atoms with E-state index in [4.69, 9.17) is 16.6 Å². The Bertz CT molecular complexity index is 1330. The normalized spacial score (nSPS) is 18.7. The first-order valence-electron chi connectivity index (χ1n) is 14.7. The van der Waals surface area contributed by atoms with Crippen molar-refractivity contribution in [2.24, 2.45) is 5.92 Å². The molecule has 7 heteroatoms. The van der Waals surface area contributed by atoms with Crippen molar-refractivity contribution in [2.75, 3.05) is 37.6 Å². The number of aryl methyl sites for hydroxylation is 2. The second-order valence-electron chi connectivity index (χ2n) is 11.3. The van der Waals surface area contributed by atoms with Crippen molar-refractivity contribution in [3.05, 3.63) is 80.3 Å². The number of carbonyl (C=O) groups excluding carboxylic acids is 1. The van der Waals surface area contributed by atoms with Crippen molar-refractivity contribution in [1.29, 1.82) is 0 Å². The quantitative estimate of drug-likeness (QED) is 0.290. The van der Waals surface area contributed by atoms with Gasteiger partial charge in [-0.15, -0.1) is 11.3 Å². The molecule has 1 amide bonds. The Balaban J connectivity index is 1.63. The Hall–Kier alpha value is -2.51. The molecular formula is C33H41ClN4OS. The summed E-state index contributed by atoms with van der Waals surface area (Å²) in [5, 5.41) is 7.17. The van der Waals surface area contributed by atoms with Crippen molar-refractivity contribution < 1.29 is 4.79 Å². The number of nitrogens with one attached hydrogen (secondary N) is 1. The number of rotatable bonds is 9. The maximum atomic E-state index is 14.7. The lowest BCUT2D eigenvalue weighted by Gasteiger charge is -2.40. The van der Waals surface area contributed by atoms with Gasteiger partial charge in [-0.1, -0.05) is 69.6 Å². The molecule has 40 heavy (non-hydrogen) atoms. The van der Waals surface area contributed by atoms with Gasteiger partial charge in [0.15, 0.2) is 0 Å².